The Hall–Kier alpha value is -3.39. The summed E-state index contributed by atoms with van der Waals surface area (Å²) < 4.78 is 11.4. The zero-order valence-electron chi connectivity index (χ0n) is 16.9. The number of ether oxygens (including phenoxy) is 1. The first kappa shape index (κ1) is 19.9. The quantitative estimate of drug-likeness (QED) is 0.432. The largest absolute Gasteiger partial charge is 0.493 e. The fourth-order valence-corrected chi connectivity index (χ4v) is 3.61. The molecule has 1 saturated heterocycles. The third-order valence-electron chi connectivity index (χ3n) is 5.15. The van der Waals surface area contributed by atoms with Crippen LogP contribution in [0.1, 0.15) is 12.6 Å². The summed E-state index contributed by atoms with van der Waals surface area (Å²) in [6, 6.07) is 14.5. The highest BCUT2D eigenvalue weighted by Crippen LogP contribution is 2.29. The molecule has 30 heavy (non-hydrogen) atoms. The SMILES string of the molecule is CCOc1ccccc1-c1nc(CN2CCN(c3ccc([N+](=O)[O-])cc3)CC2)co1. The van der Waals surface area contributed by atoms with Gasteiger partial charge in [-0.3, -0.25) is 15.0 Å². The summed E-state index contributed by atoms with van der Waals surface area (Å²) in [5.41, 5.74) is 2.87. The van der Waals surface area contributed by atoms with E-state index in [-0.39, 0.29) is 10.6 Å². The Bertz CT molecular complexity index is 994. The van der Waals surface area contributed by atoms with Gasteiger partial charge in [0.2, 0.25) is 5.89 Å². The summed E-state index contributed by atoms with van der Waals surface area (Å²) in [5.74, 6) is 1.34. The standard InChI is InChI=1S/C22H24N4O4/c1-2-29-21-6-4-3-5-20(21)22-23-17(16-30-22)15-24-11-13-25(14-12-24)18-7-9-19(10-8-18)26(27)28/h3-10,16H,2,11-15H2,1H3. The summed E-state index contributed by atoms with van der Waals surface area (Å²) >= 11 is 0. The van der Waals surface area contributed by atoms with Crippen LogP contribution in [0.2, 0.25) is 0 Å². The van der Waals surface area contributed by atoms with Crippen LogP contribution in [0.3, 0.4) is 0 Å². The molecule has 0 amide bonds. The maximum absolute atomic E-state index is 10.8. The van der Waals surface area contributed by atoms with E-state index in [1.807, 2.05) is 43.3 Å². The van der Waals surface area contributed by atoms with Crippen molar-refractivity contribution in [1.29, 1.82) is 0 Å². The molecule has 3 aromatic rings. The lowest BCUT2D eigenvalue weighted by atomic mass is 10.2. The van der Waals surface area contributed by atoms with E-state index in [1.54, 1.807) is 18.4 Å². The highest BCUT2D eigenvalue weighted by Gasteiger charge is 2.20. The van der Waals surface area contributed by atoms with Gasteiger partial charge in [-0.25, -0.2) is 4.98 Å². The molecule has 1 aliphatic rings. The van der Waals surface area contributed by atoms with Crippen molar-refractivity contribution >= 4 is 11.4 Å². The highest BCUT2D eigenvalue weighted by molar-refractivity contribution is 5.62. The minimum Gasteiger partial charge on any atom is -0.493 e. The molecular weight excluding hydrogens is 384 g/mol. The van der Waals surface area contributed by atoms with Crippen LogP contribution in [0.25, 0.3) is 11.5 Å². The zero-order valence-corrected chi connectivity index (χ0v) is 16.9. The van der Waals surface area contributed by atoms with E-state index in [0.717, 1.165) is 48.9 Å². The Morgan fingerprint density at radius 2 is 1.83 bits per heavy atom. The van der Waals surface area contributed by atoms with Crippen molar-refractivity contribution in [2.45, 2.75) is 13.5 Å². The van der Waals surface area contributed by atoms with Gasteiger partial charge in [0.15, 0.2) is 0 Å². The van der Waals surface area contributed by atoms with E-state index >= 15 is 0 Å². The van der Waals surface area contributed by atoms with Crippen molar-refractivity contribution in [3.63, 3.8) is 0 Å². The molecule has 0 N–H and O–H groups in total. The molecule has 0 bridgehead atoms. The van der Waals surface area contributed by atoms with Crippen molar-refractivity contribution in [2.75, 3.05) is 37.7 Å². The normalized spacial score (nSPS) is 14.6. The van der Waals surface area contributed by atoms with Gasteiger partial charge in [0, 0.05) is 50.5 Å². The van der Waals surface area contributed by atoms with E-state index in [2.05, 4.69) is 14.8 Å². The summed E-state index contributed by atoms with van der Waals surface area (Å²) in [4.78, 5) is 19.7. The summed E-state index contributed by atoms with van der Waals surface area (Å²) in [6.07, 6.45) is 1.71. The first-order valence-corrected chi connectivity index (χ1v) is 10.0. The predicted molar refractivity (Wildman–Crippen MR) is 114 cm³/mol. The number of piperazine rings is 1. The third-order valence-corrected chi connectivity index (χ3v) is 5.15. The van der Waals surface area contributed by atoms with E-state index < -0.39 is 0 Å². The lowest BCUT2D eigenvalue weighted by Crippen LogP contribution is -2.46. The predicted octanol–water partition coefficient (Wildman–Crippen LogP) is 3.97. The minimum atomic E-state index is -0.374. The molecule has 0 saturated carbocycles. The Balaban J connectivity index is 1.35. The number of nitro groups is 1. The van der Waals surface area contributed by atoms with Crippen molar-refractivity contribution in [3.05, 3.63) is 70.6 Å². The molecule has 1 aliphatic heterocycles. The van der Waals surface area contributed by atoms with Crippen LogP contribution in [0.4, 0.5) is 11.4 Å². The summed E-state index contributed by atoms with van der Waals surface area (Å²) in [7, 11) is 0. The number of para-hydroxylation sites is 1. The molecule has 0 aliphatic carbocycles. The number of benzene rings is 2. The van der Waals surface area contributed by atoms with Crippen molar-refractivity contribution in [3.8, 4) is 17.2 Å². The average Bonchev–Trinajstić information content (AvgIpc) is 3.23. The molecule has 1 fully saturated rings. The zero-order chi connectivity index (χ0) is 20.9. The maximum atomic E-state index is 10.8. The molecule has 8 nitrogen and oxygen atoms in total. The van der Waals surface area contributed by atoms with Crippen LogP contribution in [0.5, 0.6) is 5.75 Å². The number of anilines is 1. The number of hydrogen-bond acceptors (Lipinski definition) is 7. The van der Waals surface area contributed by atoms with Crippen molar-refractivity contribution in [1.82, 2.24) is 9.88 Å². The molecule has 0 spiro atoms. The molecule has 4 rings (SSSR count). The van der Waals surface area contributed by atoms with Gasteiger partial charge < -0.3 is 14.1 Å². The van der Waals surface area contributed by atoms with Gasteiger partial charge in [-0.15, -0.1) is 0 Å². The third kappa shape index (κ3) is 4.44. The van der Waals surface area contributed by atoms with Gasteiger partial charge in [-0.1, -0.05) is 12.1 Å². The second-order valence-corrected chi connectivity index (χ2v) is 7.11. The number of oxazole rings is 1. The number of aromatic nitrogens is 1. The second kappa shape index (κ2) is 8.96. The van der Waals surface area contributed by atoms with E-state index in [9.17, 15) is 10.1 Å². The highest BCUT2D eigenvalue weighted by atomic mass is 16.6. The lowest BCUT2D eigenvalue weighted by Gasteiger charge is -2.35. The Kier molecular flexibility index (Phi) is 5.94. The second-order valence-electron chi connectivity index (χ2n) is 7.11. The number of nitro benzene ring substituents is 1. The van der Waals surface area contributed by atoms with Crippen LogP contribution in [-0.4, -0.2) is 47.6 Å². The molecule has 1 aromatic heterocycles. The Labute approximate surface area is 174 Å². The summed E-state index contributed by atoms with van der Waals surface area (Å²) in [6.45, 7) is 6.74. The smallest absolute Gasteiger partial charge is 0.269 e. The van der Waals surface area contributed by atoms with Gasteiger partial charge in [-0.2, -0.15) is 0 Å². The molecule has 0 unspecified atom stereocenters. The number of nitrogens with zero attached hydrogens (tertiary/aromatic N) is 4. The summed E-state index contributed by atoms with van der Waals surface area (Å²) in [5, 5.41) is 10.8. The number of hydrogen-bond donors (Lipinski definition) is 0. The van der Waals surface area contributed by atoms with Crippen molar-refractivity contribution < 1.29 is 14.1 Å². The van der Waals surface area contributed by atoms with Gasteiger partial charge in [0.1, 0.15) is 12.0 Å². The molecule has 0 radical (unpaired) electrons. The first-order chi connectivity index (χ1) is 14.6. The van der Waals surface area contributed by atoms with Crippen LogP contribution >= 0.6 is 0 Å². The Morgan fingerprint density at radius 1 is 1.10 bits per heavy atom. The van der Waals surface area contributed by atoms with Gasteiger partial charge in [0.25, 0.3) is 5.69 Å². The average molecular weight is 408 g/mol. The van der Waals surface area contributed by atoms with Crippen LogP contribution in [0, 0.1) is 10.1 Å². The fourth-order valence-electron chi connectivity index (χ4n) is 3.61. The first-order valence-electron chi connectivity index (χ1n) is 10.0. The molecule has 0 atom stereocenters. The fraction of sp³-hybridized carbons (Fsp3) is 0.318. The molecular formula is C22H24N4O4. The van der Waals surface area contributed by atoms with E-state index in [0.29, 0.717) is 19.0 Å². The van der Waals surface area contributed by atoms with Crippen LogP contribution in [0.15, 0.2) is 59.2 Å². The number of non-ortho nitro benzene ring substituents is 1. The van der Waals surface area contributed by atoms with Gasteiger partial charge >= 0.3 is 0 Å². The van der Waals surface area contributed by atoms with Crippen LogP contribution < -0.4 is 9.64 Å². The van der Waals surface area contributed by atoms with Crippen LogP contribution in [-0.2, 0) is 6.54 Å². The molecule has 156 valence electrons. The lowest BCUT2D eigenvalue weighted by molar-refractivity contribution is -0.384. The molecule has 2 heterocycles. The molecule has 2 aromatic carbocycles. The minimum absolute atomic E-state index is 0.116. The maximum Gasteiger partial charge on any atom is 0.269 e. The number of rotatable bonds is 7. The monoisotopic (exact) mass is 408 g/mol. The van der Waals surface area contributed by atoms with Crippen molar-refractivity contribution in [2.24, 2.45) is 0 Å². The van der Waals surface area contributed by atoms with Gasteiger partial charge in [0.05, 0.1) is 22.8 Å². The van der Waals surface area contributed by atoms with E-state index in [4.69, 9.17) is 9.15 Å². The van der Waals surface area contributed by atoms with E-state index in [1.165, 1.54) is 0 Å². The van der Waals surface area contributed by atoms with Gasteiger partial charge in [-0.05, 0) is 31.2 Å². The molecule has 8 heteroatoms. The topological polar surface area (TPSA) is 84.9 Å². The Morgan fingerprint density at radius 3 is 2.53 bits per heavy atom.